The molecule has 0 spiro atoms. The van der Waals surface area contributed by atoms with Crippen LogP contribution in [0, 0.1) is 0 Å². The molecule has 3 rings (SSSR count). The van der Waals surface area contributed by atoms with Crippen molar-refractivity contribution in [1.29, 1.82) is 0 Å². The number of hydrogen-bond donors (Lipinski definition) is 2. The van der Waals surface area contributed by atoms with Gasteiger partial charge in [-0.05, 0) is 62.2 Å². The maximum Gasteiger partial charge on any atom is 0.276 e. The highest BCUT2D eigenvalue weighted by Crippen LogP contribution is 2.32. The second kappa shape index (κ2) is 8.50. The lowest BCUT2D eigenvalue weighted by Gasteiger charge is -2.35. The Morgan fingerprint density at radius 3 is 2.40 bits per heavy atom. The Balaban J connectivity index is 1.86. The molecule has 0 unspecified atom stereocenters. The van der Waals surface area contributed by atoms with Crippen LogP contribution in [-0.2, 0) is 11.2 Å². The van der Waals surface area contributed by atoms with Crippen LogP contribution >= 0.6 is 34.8 Å². The fourth-order valence-corrected chi connectivity index (χ4v) is 3.43. The van der Waals surface area contributed by atoms with Crippen LogP contribution in [0.25, 0.3) is 5.70 Å². The third kappa shape index (κ3) is 5.28. The van der Waals surface area contributed by atoms with Crippen LogP contribution in [0.1, 0.15) is 35.3 Å². The van der Waals surface area contributed by atoms with Crippen LogP contribution in [0.2, 0.25) is 0 Å². The van der Waals surface area contributed by atoms with E-state index in [1.165, 1.54) is 0 Å². The van der Waals surface area contributed by atoms with Gasteiger partial charge in [-0.3, -0.25) is 9.59 Å². The van der Waals surface area contributed by atoms with Crippen molar-refractivity contribution < 1.29 is 14.3 Å². The number of halogens is 3. The molecule has 0 saturated heterocycles. The quantitative estimate of drug-likeness (QED) is 0.371. The summed E-state index contributed by atoms with van der Waals surface area (Å²) >= 11 is 16.7. The zero-order chi connectivity index (χ0) is 22.1. The topological polar surface area (TPSA) is 67.4 Å². The molecule has 0 bridgehead atoms. The standard InChI is InChI=1S/C22H21Cl3N2O3/c1-21(2)12-14-6-9-16(30-3)10-17(14)18(27-21)11-19(28)13-4-7-15(8-5-13)26-20(29)22(23,24)25/h4-11,27H,12H2,1-3H3,(H,26,29)/b18-11-. The molecule has 5 nitrogen and oxygen atoms in total. The summed E-state index contributed by atoms with van der Waals surface area (Å²) < 4.78 is 3.27. The minimum atomic E-state index is -2.06. The summed E-state index contributed by atoms with van der Waals surface area (Å²) in [6.45, 7) is 4.17. The van der Waals surface area contributed by atoms with E-state index in [-0.39, 0.29) is 11.3 Å². The van der Waals surface area contributed by atoms with Crippen molar-refractivity contribution >= 4 is 57.9 Å². The fraction of sp³-hybridized carbons (Fsp3) is 0.273. The lowest BCUT2D eigenvalue weighted by atomic mass is 9.85. The Morgan fingerprint density at radius 2 is 1.80 bits per heavy atom. The summed E-state index contributed by atoms with van der Waals surface area (Å²) in [4.78, 5) is 24.6. The Bertz CT molecular complexity index is 1010. The Hall–Kier alpha value is -2.21. The van der Waals surface area contributed by atoms with Gasteiger partial charge in [-0.2, -0.15) is 0 Å². The number of ketones is 1. The molecule has 0 saturated carbocycles. The number of nitrogens with one attached hydrogen (secondary N) is 2. The Kier molecular flexibility index (Phi) is 6.37. The van der Waals surface area contributed by atoms with Gasteiger partial charge in [-0.15, -0.1) is 0 Å². The average Bonchev–Trinajstić information content (AvgIpc) is 2.66. The van der Waals surface area contributed by atoms with Crippen LogP contribution in [0.3, 0.4) is 0 Å². The van der Waals surface area contributed by atoms with Gasteiger partial charge in [0.05, 0.1) is 7.11 Å². The van der Waals surface area contributed by atoms with Crippen LogP contribution in [-0.4, -0.2) is 28.1 Å². The third-order valence-electron chi connectivity index (χ3n) is 4.67. The number of fused-ring (bicyclic) bond motifs is 1. The largest absolute Gasteiger partial charge is 0.497 e. The fourth-order valence-electron chi connectivity index (χ4n) is 3.29. The number of hydrogen-bond acceptors (Lipinski definition) is 4. The van der Waals surface area contributed by atoms with Crippen molar-refractivity contribution in [1.82, 2.24) is 5.32 Å². The molecule has 0 radical (unpaired) electrons. The molecule has 1 amide bonds. The monoisotopic (exact) mass is 466 g/mol. The zero-order valence-corrected chi connectivity index (χ0v) is 19.0. The lowest BCUT2D eigenvalue weighted by molar-refractivity contribution is -0.115. The summed E-state index contributed by atoms with van der Waals surface area (Å²) in [5.74, 6) is -0.223. The molecule has 158 valence electrons. The van der Waals surface area contributed by atoms with Crippen LogP contribution in [0.15, 0.2) is 48.5 Å². The molecule has 8 heteroatoms. The van der Waals surface area contributed by atoms with Crippen molar-refractivity contribution in [3.8, 4) is 5.75 Å². The highest BCUT2D eigenvalue weighted by Gasteiger charge is 2.31. The van der Waals surface area contributed by atoms with E-state index in [0.29, 0.717) is 11.3 Å². The Morgan fingerprint density at radius 1 is 1.13 bits per heavy atom. The van der Waals surface area contributed by atoms with E-state index in [0.717, 1.165) is 29.0 Å². The number of alkyl halides is 3. The van der Waals surface area contributed by atoms with Crippen LogP contribution < -0.4 is 15.4 Å². The van der Waals surface area contributed by atoms with Crippen LogP contribution in [0.5, 0.6) is 5.75 Å². The first-order valence-electron chi connectivity index (χ1n) is 9.18. The summed E-state index contributed by atoms with van der Waals surface area (Å²) in [7, 11) is 1.61. The highest BCUT2D eigenvalue weighted by atomic mass is 35.6. The smallest absolute Gasteiger partial charge is 0.276 e. The molecular formula is C22H21Cl3N2O3. The molecule has 0 atom stereocenters. The predicted molar refractivity (Wildman–Crippen MR) is 122 cm³/mol. The molecule has 1 heterocycles. The lowest BCUT2D eigenvalue weighted by Crippen LogP contribution is -2.43. The maximum absolute atomic E-state index is 12.9. The molecule has 30 heavy (non-hydrogen) atoms. The zero-order valence-electron chi connectivity index (χ0n) is 16.7. The van der Waals surface area contributed by atoms with E-state index in [2.05, 4.69) is 24.5 Å². The minimum absolute atomic E-state index is 0.178. The van der Waals surface area contributed by atoms with Gasteiger partial charge in [0.15, 0.2) is 5.78 Å². The molecule has 2 aromatic carbocycles. The number of methoxy groups -OCH3 is 1. The second-order valence-corrected chi connectivity index (χ2v) is 9.94. The van der Waals surface area contributed by atoms with E-state index in [4.69, 9.17) is 39.5 Å². The summed E-state index contributed by atoms with van der Waals surface area (Å²) in [5.41, 5.74) is 3.50. The average molecular weight is 468 g/mol. The highest BCUT2D eigenvalue weighted by molar-refractivity contribution is 6.76. The minimum Gasteiger partial charge on any atom is -0.497 e. The third-order valence-corrected chi connectivity index (χ3v) is 5.19. The van der Waals surface area contributed by atoms with Crippen molar-refractivity contribution in [2.75, 3.05) is 12.4 Å². The SMILES string of the molecule is COc1ccc2c(c1)/C(=C/C(=O)c1ccc(NC(=O)C(Cl)(Cl)Cl)cc1)NC(C)(C)C2. The van der Waals surface area contributed by atoms with Gasteiger partial charge < -0.3 is 15.4 Å². The van der Waals surface area contributed by atoms with E-state index < -0.39 is 9.70 Å². The normalized spacial score (nSPS) is 16.4. The van der Waals surface area contributed by atoms with Crippen molar-refractivity contribution in [2.24, 2.45) is 0 Å². The number of amides is 1. The van der Waals surface area contributed by atoms with Gasteiger partial charge in [0.25, 0.3) is 9.70 Å². The molecular weight excluding hydrogens is 447 g/mol. The molecule has 1 aliphatic rings. The summed E-state index contributed by atoms with van der Waals surface area (Å²) in [6, 6.07) is 12.2. The van der Waals surface area contributed by atoms with E-state index >= 15 is 0 Å². The molecule has 0 fully saturated rings. The second-order valence-electron chi connectivity index (χ2n) is 7.66. The molecule has 2 N–H and O–H groups in total. The number of ether oxygens (including phenoxy) is 1. The predicted octanol–water partition coefficient (Wildman–Crippen LogP) is 5.15. The van der Waals surface area contributed by atoms with Gasteiger partial charge in [-0.25, -0.2) is 0 Å². The van der Waals surface area contributed by atoms with Crippen molar-refractivity contribution in [2.45, 2.75) is 29.6 Å². The first-order chi connectivity index (χ1) is 14.0. The summed E-state index contributed by atoms with van der Waals surface area (Å²) in [5, 5.41) is 5.92. The van der Waals surface area contributed by atoms with Gasteiger partial charge in [-0.1, -0.05) is 40.9 Å². The number of allylic oxidation sites excluding steroid dienone is 1. The first-order valence-corrected chi connectivity index (χ1v) is 10.3. The first kappa shape index (κ1) is 22.5. The van der Waals surface area contributed by atoms with Crippen LogP contribution in [0.4, 0.5) is 5.69 Å². The van der Waals surface area contributed by atoms with Gasteiger partial charge in [0.1, 0.15) is 5.75 Å². The number of carbonyl (C=O) groups is 2. The molecule has 2 aromatic rings. The molecule has 0 aromatic heterocycles. The number of carbonyl (C=O) groups excluding carboxylic acids is 2. The van der Waals surface area contributed by atoms with Gasteiger partial charge in [0, 0.05) is 34.1 Å². The van der Waals surface area contributed by atoms with E-state index in [1.807, 2.05) is 18.2 Å². The molecule has 1 aliphatic heterocycles. The van der Waals surface area contributed by atoms with Gasteiger partial charge in [0.2, 0.25) is 0 Å². The Labute approximate surface area is 190 Å². The summed E-state index contributed by atoms with van der Waals surface area (Å²) in [6.07, 6.45) is 2.41. The van der Waals surface area contributed by atoms with Gasteiger partial charge >= 0.3 is 0 Å². The molecule has 0 aliphatic carbocycles. The van der Waals surface area contributed by atoms with Crippen molar-refractivity contribution in [3.05, 3.63) is 65.2 Å². The van der Waals surface area contributed by atoms with Crippen molar-refractivity contribution in [3.63, 3.8) is 0 Å². The van der Waals surface area contributed by atoms with E-state index in [1.54, 1.807) is 37.5 Å². The van der Waals surface area contributed by atoms with E-state index in [9.17, 15) is 9.59 Å². The number of anilines is 1. The maximum atomic E-state index is 12.9. The number of benzene rings is 2. The number of rotatable bonds is 4.